The molecule has 0 aliphatic heterocycles. The summed E-state index contributed by atoms with van der Waals surface area (Å²) in [7, 11) is 0. The van der Waals surface area contributed by atoms with E-state index in [1.54, 1.807) is 0 Å². The van der Waals surface area contributed by atoms with Crippen LogP contribution in [0.15, 0.2) is 133 Å². The normalized spacial score (nSPS) is 13.4. The monoisotopic (exact) mass is 1100 g/mol. The summed E-state index contributed by atoms with van der Waals surface area (Å²) >= 11 is 0. The van der Waals surface area contributed by atoms with Crippen LogP contribution in [-0.4, -0.2) is 41.3 Å². The van der Waals surface area contributed by atoms with Gasteiger partial charge >= 0.3 is 11.6 Å². The maximum absolute atomic E-state index is 8.40. The number of nitrogens with zero attached hydrogens (tertiary/aromatic N) is 2. The van der Waals surface area contributed by atoms with Gasteiger partial charge in [0.05, 0.1) is 43.0 Å². The smallest absolute Gasteiger partial charge is 0.316 e. The summed E-state index contributed by atoms with van der Waals surface area (Å²) in [6.45, 7) is 10.6. The van der Waals surface area contributed by atoms with E-state index in [4.69, 9.17) is 24.8 Å². The molecule has 0 fully saturated rings. The quantitative estimate of drug-likeness (QED) is 0.0793. The van der Waals surface area contributed by atoms with Gasteiger partial charge in [0.2, 0.25) is 0 Å². The zero-order valence-electron chi connectivity index (χ0n) is 32.5. The Bertz CT molecular complexity index is 2380. The van der Waals surface area contributed by atoms with E-state index in [-0.39, 0.29) is 68.7 Å². The fourth-order valence-corrected chi connectivity index (χ4v) is 6.65. The van der Waals surface area contributed by atoms with Crippen molar-refractivity contribution in [3.8, 4) is 22.4 Å². The average Bonchev–Trinajstić information content (AvgIpc) is 3.76. The van der Waals surface area contributed by atoms with Gasteiger partial charge in [-0.25, -0.2) is 0 Å². The molecule has 2 aliphatic rings. The first-order valence-electron chi connectivity index (χ1n) is 18.1. The van der Waals surface area contributed by atoms with Crippen molar-refractivity contribution in [3.05, 3.63) is 162 Å². The van der Waals surface area contributed by atoms with Gasteiger partial charge in [0.15, 0.2) is 0 Å². The minimum Gasteiger partial charge on any atom is -0.512 e. The molecule has 292 valence electrons. The Kier molecular flexibility index (Phi) is 17.0. The van der Waals surface area contributed by atoms with Crippen LogP contribution in [0.5, 0.6) is 0 Å². The predicted octanol–water partition coefficient (Wildman–Crippen LogP) is 11.6. The standard InChI is InChI=1S/C24H18N.C14H12N.2C5H8O2.2Ir/c1-24(2)20-9-5-4-8-18(20)19-13-11-17(15-21(19)24)23-14-12-16-7-3-6-10-22(16)25-23;1-2-6-11(5-1)14-10-9-12-7-3-4-8-13(12)15-14;2*1-4(6)3-5(2)7;;/h3-10,12-15H,1-2H3;3-4,7-10H,1-2,5H2;2*3,6H,1-2H3;;/q2*-1;;;;/p+2. The number of allylic oxidation sites excluding steroid dienone is 6. The summed E-state index contributed by atoms with van der Waals surface area (Å²) < 4.78 is 0. The van der Waals surface area contributed by atoms with Gasteiger partial charge in [-0.05, 0) is 53.4 Å². The number of aliphatic hydroxyl groups excluding tert-OH is 2. The van der Waals surface area contributed by atoms with Crippen molar-refractivity contribution in [3.63, 3.8) is 0 Å². The van der Waals surface area contributed by atoms with Gasteiger partial charge in [0.1, 0.15) is 0 Å². The second-order valence-corrected chi connectivity index (χ2v) is 14.0. The van der Waals surface area contributed by atoms with Crippen molar-refractivity contribution in [1.29, 1.82) is 0 Å². The van der Waals surface area contributed by atoms with Crippen LogP contribution in [0, 0.1) is 12.1 Å². The number of hydrogen-bond acceptors (Lipinski definition) is 4. The number of ketones is 2. The number of benzene rings is 4. The molecular weight excluding hydrogens is 1050 g/mol. The number of aliphatic hydroxyl groups is 2. The molecule has 8 heteroatoms. The summed E-state index contributed by atoms with van der Waals surface area (Å²) in [5.41, 5.74) is 11.9. The largest absolute Gasteiger partial charge is 0.512 e. The predicted molar refractivity (Wildman–Crippen MR) is 224 cm³/mol. The van der Waals surface area contributed by atoms with E-state index >= 15 is 0 Å². The first-order chi connectivity index (χ1) is 25.8. The summed E-state index contributed by atoms with van der Waals surface area (Å²) in [5.74, 6) is 0.500. The van der Waals surface area contributed by atoms with E-state index in [1.165, 1.54) is 84.9 Å². The SMILES string of the molecule is CC(=[OH+])C=C(C)O.CC(=[OH+])C=C(C)O.CC1(C)c2ccccc2-c2c[c-]c(-c3ccc4ccccc4n3)cc21.[C-]1=C(c2ccc3ccccc3n2)CCC1.[Ir].[Ir]. The van der Waals surface area contributed by atoms with Gasteiger partial charge in [-0.3, -0.25) is 20.6 Å². The fourth-order valence-electron chi connectivity index (χ4n) is 6.65. The van der Waals surface area contributed by atoms with Gasteiger partial charge in [0, 0.05) is 45.7 Å². The van der Waals surface area contributed by atoms with E-state index in [0.29, 0.717) is 0 Å². The van der Waals surface area contributed by atoms with Crippen LogP contribution in [0.25, 0.3) is 49.8 Å². The van der Waals surface area contributed by atoms with E-state index in [1.807, 2.05) is 24.3 Å². The minimum atomic E-state index is 0. The van der Waals surface area contributed by atoms with Crippen molar-refractivity contribution < 1.29 is 60.0 Å². The van der Waals surface area contributed by atoms with E-state index < -0.39 is 0 Å². The Balaban J connectivity index is 0.000000231. The zero-order valence-corrected chi connectivity index (χ0v) is 37.3. The molecule has 2 heterocycles. The molecule has 2 aliphatic carbocycles. The number of fused-ring (bicyclic) bond motifs is 5. The molecule has 56 heavy (non-hydrogen) atoms. The Morgan fingerprint density at radius 1 is 0.661 bits per heavy atom. The third-order valence-corrected chi connectivity index (χ3v) is 9.07. The first-order valence-corrected chi connectivity index (χ1v) is 18.1. The molecule has 8 rings (SSSR count). The molecule has 6 aromatic rings. The Morgan fingerprint density at radius 3 is 1.70 bits per heavy atom. The Morgan fingerprint density at radius 2 is 1.18 bits per heavy atom. The molecular formula is C48H48Ir2N2O4. The number of para-hydroxylation sites is 2. The summed E-state index contributed by atoms with van der Waals surface area (Å²) in [6, 6.07) is 41.5. The average molecular weight is 1100 g/mol. The van der Waals surface area contributed by atoms with Gasteiger partial charge in [-0.15, -0.1) is 41.8 Å². The second-order valence-electron chi connectivity index (χ2n) is 14.0. The van der Waals surface area contributed by atoms with Crippen LogP contribution in [-0.2, 0) is 45.6 Å². The molecule has 2 radical (unpaired) electrons. The van der Waals surface area contributed by atoms with Gasteiger partial charge in [-0.2, -0.15) is 5.57 Å². The molecule has 0 saturated carbocycles. The molecule has 0 amide bonds. The number of pyridine rings is 2. The maximum Gasteiger partial charge on any atom is 0.316 e. The molecule has 0 bridgehead atoms. The maximum atomic E-state index is 8.40. The fraction of sp³-hybridized carbons (Fsp3) is 0.208. The summed E-state index contributed by atoms with van der Waals surface area (Å²) in [6.07, 6.45) is 9.39. The van der Waals surface area contributed by atoms with E-state index in [2.05, 4.69) is 116 Å². The van der Waals surface area contributed by atoms with Gasteiger partial charge in [-0.1, -0.05) is 122 Å². The van der Waals surface area contributed by atoms with Crippen LogP contribution in [0.1, 0.15) is 77.6 Å². The Hall–Kier alpha value is -4.84. The third-order valence-electron chi connectivity index (χ3n) is 9.07. The minimum absolute atomic E-state index is 0. The molecule has 0 spiro atoms. The van der Waals surface area contributed by atoms with Crippen LogP contribution in [0.2, 0.25) is 0 Å². The summed E-state index contributed by atoms with van der Waals surface area (Å²) in [5, 5.41) is 19.2. The van der Waals surface area contributed by atoms with Crippen LogP contribution in [0.3, 0.4) is 0 Å². The number of carbonyl (C=O) groups excluding carboxylic acids is 2. The van der Waals surface area contributed by atoms with Crippen molar-refractivity contribution in [1.82, 2.24) is 9.97 Å². The Labute approximate surface area is 357 Å². The molecule has 0 unspecified atom stereocenters. The van der Waals surface area contributed by atoms with Crippen molar-refractivity contribution >= 4 is 38.9 Å². The number of rotatable bonds is 4. The van der Waals surface area contributed by atoms with Crippen LogP contribution in [0.4, 0.5) is 0 Å². The second kappa shape index (κ2) is 20.9. The molecule has 0 atom stereocenters. The molecule has 4 N–H and O–H groups in total. The van der Waals surface area contributed by atoms with Crippen LogP contribution >= 0.6 is 0 Å². The molecule has 6 nitrogen and oxygen atoms in total. The topological polar surface area (TPSA) is 109 Å². The van der Waals surface area contributed by atoms with Crippen molar-refractivity contribution in [2.75, 3.05) is 0 Å². The van der Waals surface area contributed by atoms with Crippen LogP contribution < -0.4 is 0 Å². The third kappa shape index (κ3) is 11.8. The zero-order chi connectivity index (χ0) is 38.8. The first kappa shape index (κ1) is 45.5. The van der Waals surface area contributed by atoms with Crippen molar-refractivity contribution in [2.45, 2.75) is 66.2 Å². The van der Waals surface area contributed by atoms with E-state index in [0.717, 1.165) is 40.8 Å². The summed E-state index contributed by atoms with van der Waals surface area (Å²) in [4.78, 5) is 26.3. The molecule has 2 aromatic heterocycles. The molecule has 0 saturated heterocycles. The van der Waals surface area contributed by atoms with Gasteiger partial charge in [0.25, 0.3) is 0 Å². The van der Waals surface area contributed by atoms with Gasteiger partial charge < -0.3 is 15.2 Å². The van der Waals surface area contributed by atoms with E-state index in [9.17, 15) is 0 Å². The number of hydrogen-bond donors (Lipinski definition) is 2. The molecule has 4 aromatic carbocycles. The number of aromatic nitrogens is 2. The van der Waals surface area contributed by atoms with Crippen molar-refractivity contribution in [2.24, 2.45) is 0 Å².